The van der Waals surface area contributed by atoms with E-state index in [1.54, 1.807) is 31.1 Å². The van der Waals surface area contributed by atoms with Crippen molar-refractivity contribution >= 4 is 29.2 Å². The monoisotopic (exact) mass is 365 g/mol. The summed E-state index contributed by atoms with van der Waals surface area (Å²) in [4.78, 5) is 40.8. The first-order chi connectivity index (χ1) is 12.9. The molecule has 0 bridgehead atoms. The summed E-state index contributed by atoms with van der Waals surface area (Å²) in [6, 6.07) is 15.1. The molecule has 3 rings (SSSR count). The number of hydrogen-bond acceptors (Lipinski definition) is 5. The quantitative estimate of drug-likeness (QED) is 0.617. The molecule has 0 saturated carbocycles. The zero-order valence-corrected chi connectivity index (χ0v) is 15.2. The molecule has 27 heavy (non-hydrogen) atoms. The van der Waals surface area contributed by atoms with E-state index in [2.05, 4.69) is 4.99 Å². The number of esters is 1. The topological polar surface area (TPSA) is 79.3 Å². The number of nitrogens with zero attached hydrogens (tertiary/aromatic N) is 3. The van der Waals surface area contributed by atoms with Crippen LogP contribution in [0.1, 0.15) is 24.2 Å². The molecule has 0 spiro atoms. The number of amides is 2. The van der Waals surface area contributed by atoms with Gasteiger partial charge in [0.05, 0.1) is 17.3 Å². The van der Waals surface area contributed by atoms with Crippen LogP contribution in [0.15, 0.2) is 59.6 Å². The minimum Gasteiger partial charge on any atom is -0.426 e. The number of ether oxygens (including phenoxy) is 1. The minimum atomic E-state index is -0.634. The third-order valence-corrected chi connectivity index (χ3v) is 4.28. The fraction of sp³-hybridized carbons (Fsp3) is 0.200. The molecule has 1 atom stereocenters. The Morgan fingerprint density at radius 3 is 2.33 bits per heavy atom. The Morgan fingerprint density at radius 2 is 1.67 bits per heavy atom. The molecule has 138 valence electrons. The molecule has 0 radical (unpaired) electrons. The Bertz CT molecular complexity index is 924. The summed E-state index contributed by atoms with van der Waals surface area (Å²) in [5, 5.41) is 3.20. The molecule has 1 unspecified atom stereocenters. The number of rotatable bonds is 3. The van der Waals surface area contributed by atoms with Crippen molar-refractivity contribution in [2.75, 3.05) is 12.1 Å². The smallest absolute Gasteiger partial charge is 0.308 e. The van der Waals surface area contributed by atoms with E-state index in [4.69, 9.17) is 4.74 Å². The Hall–Kier alpha value is -3.32. The molecule has 7 heteroatoms. The average Bonchev–Trinajstić information content (AvgIpc) is 2.85. The molecule has 1 fully saturated rings. The van der Waals surface area contributed by atoms with Crippen molar-refractivity contribution in [1.29, 1.82) is 0 Å². The molecule has 0 aromatic heterocycles. The van der Waals surface area contributed by atoms with E-state index in [9.17, 15) is 14.4 Å². The maximum Gasteiger partial charge on any atom is 0.308 e. The molecule has 1 heterocycles. The Labute approximate surface area is 156 Å². The van der Waals surface area contributed by atoms with E-state index in [0.29, 0.717) is 5.69 Å². The number of carbonyl (C=O) groups is 3. The van der Waals surface area contributed by atoms with Gasteiger partial charge in [0.1, 0.15) is 11.5 Å². The van der Waals surface area contributed by atoms with Gasteiger partial charge in [-0.1, -0.05) is 30.3 Å². The molecular formula is C20H19N3O4. The van der Waals surface area contributed by atoms with E-state index in [0.717, 1.165) is 0 Å². The van der Waals surface area contributed by atoms with Crippen LogP contribution < -0.4 is 9.75 Å². The van der Waals surface area contributed by atoms with E-state index < -0.39 is 11.9 Å². The first-order valence-electron chi connectivity index (χ1n) is 8.42. The largest absolute Gasteiger partial charge is 0.426 e. The van der Waals surface area contributed by atoms with Crippen LogP contribution in [-0.2, 0) is 9.59 Å². The van der Waals surface area contributed by atoms with Gasteiger partial charge in [-0.15, -0.1) is 0 Å². The predicted molar refractivity (Wildman–Crippen MR) is 101 cm³/mol. The normalized spacial score (nSPS) is 18.8. The molecule has 7 nitrogen and oxygen atoms in total. The second-order valence-electron chi connectivity index (χ2n) is 6.09. The second kappa shape index (κ2) is 7.51. The van der Waals surface area contributed by atoms with Crippen molar-refractivity contribution in [1.82, 2.24) is 5.01 Å². The maximum atomic E-state index is 12.9. The zero-order chi connectivity index (χ0) is 19.6. The van der Waals surface area contributed by atoms with Gasteiger partial charge in [-0.3, -0.25) is 14.4 Å². The highest BCUT2D eigenvalue weighted by atomic mass is 16.5. The fourth-order valence-electron chi connectivity index (χ4n) is 2.85. The van der Waals surface area contributed by atoms with Crippen LogP contribution in [0.2, 0.25) is 0 Å². The number of hydrogen-bond donors (Lipinski definition) is 0. The fourth-order valence-corrected chi connectivity index (χ4v) is 2.85. The van der Waals surface area contributed by atoms with Gasteiger partial charge in [0, 0.05) is 14.0 Å². The first-order valence-corrected chi connectivity index (χ1v) is 8.42. The van der Waals surface area contributed by atoms with Gasteiger partial charge in [0.15, 0.2) is 0 Å². The standard InChI is InChI=1S/C20H19N3O4/c1-13-18(20(26)23(22(13)3)15-9-5-4-6-10-15)21-19(25)16-11-7-8-12-17(16)27-14(2)24/h4-13H,1-3H3. The van der Waals surface area contributed by atoms with Gasteiger partial charge >= 0.3 is 5.97 Å². The van der Waals surface area contributed by atoms with Crippen LogP contribution >= 0.6 is 0 Å². The van der Waals surface area contributed by atoms with Gasteiger partial charge in [0.2, 0.25) is 0 Å². The summed E-state index contributed by atoms with van der Waals surface area (Å²) >= 11 is 0. The maximum absolute atomic E-state index is 12.9. The van der Waals surface area contributed by atoms with Gasteiger partial charge in [-0.05, 0) is 31.2 Å². The summed E-state index contributed by atoms with van der Waals surface area (Å²) < 4.78 is 5.06. The molecule has 0 N–H and O–H groups in total. The van der Waals surface area contributed by atoms with Crippen molar-refractivity contribution in [3.63, 3.8) is 0 Å². The molecule has 2 aromatic carbocycles. The van der Waals surface area contributed by atoms with E-state index in [1.807, 2.05) is 30.3 Å². The lowest BCUT2D eigenvalue weighted by Gasteiger charge is -2.25. The van der Waals surface area contributed by atoms with E-state index in [-0.39, 0.29) is 29.0 Å². The lowest BCUT2D eigenvalue weighted by molar-refractivity contribution is -0.131. The minimum absolute atomic E-state index is 0.116. The van der Waals surface area contributed by atoms with Crippen LogP contribution in [0.4, 0.5) is 5.69 Å². The van der Waals surface area contributed by atoms with E-state index in [1.165, 1.54) is 24.1 Å². The van der Waals surface area contributed by atoms with Crippen LogP contribution in [0.3, 0.4) is 0 Å². The zero-order valence-electron chi connectivity index (χ0n) is 15.2. The SMILES string of the molecule is CC(=O)Oc1ccccc1C(=O)N=C1C(=O)N(c2ccccc2)N(C)C1C. The first kappa shape index (κ1) is 18.5. The number of anilines is 1. The number of hydrazine groups is 1. The summed E-state index contributed by atoms with van der Waals surface area (Å²) in [7, 11) is 1.76. The van der Waals surface area contributed by atoms with Crippen molar-refractivity contribution < 1.29 is 19.1 Å². The highest BCUT2D eigenvalue weighted by Crippen LogP contribution is 2.25. The molecule has 1 aliphatic heterocycles. The Kier molecular flexibility index (Phi) is 5.14. The Balaban J connectivity index is 1.94. The van der Waals surface area contributed by atoms with Crippen molar-refractivity contribution in [3.8, 4) is 5.75 Å². The molecule has 1 aliphatic rings. The summed E-state index contributed by atoms with van der Waals surface area (Å²) in [5.41, 5.74) is 0.944. The Morgan fingerprint density at radius 1 is 1.04 bits per heavy atom. The van der Waals surface area contributed by atoms with Crippen molar-refractivity contribution in [3.05, 3.63) is 60.2 Å². The van der Waals surface area contributed by atoms with Gasteiger partial charge in [-0.25, -0.2) is 15.0 Å². The van der Waals surface area contributed by atoms with Crippen LogP contribution in [-0.4, -0.2) is 41.6 Å². The second-order valence-corrected chi connectivity index (χ2v) is 6.09. The van der Waals surface area contributed by atoms with Crippen molar-refractivity contribution in [2.24, 2.45) is 4.99 Å². The van der Waals surface area contributed by atoms with Gasteiger partial charge in [0.25, 0.3) is 11.8 Å². The lowest BCUT2D eigenvalue weighted by Crippen LogP contribution is -2.38. The highest BCUT2D eigenvalue weighted by molar-refractivity contribution is 6.48. The average molecular weight is 365 g/mol. The molecule has 1 saturated heterocycles. The molecular weight excluding hydrogens is 346 g/mol. The summed E-state index contributed by atoms with van der Waals surface area (Å²) in [6.45, 7) is 3.05. The molecule has 0 aliphatic carbocycles. The number of benzene rings is 2. The summed E-state index contributed by atoms with van der Waals surface area (Å²) in [5.74, 6) is -1.42. The van der Waals surface area contributed by atoms with Gasteiger partial charge < -0.3 is 4.74 Å². The lowest BCUT2D eigenvalue weighted by atomic mass is 10.1. The highest BCUT2D eigenvalue weighted by Gasteiger charge is 2.40. The van der Waals surface area contributed by atoms with Crippen LogP contribution in [0.5, 0.6) is 5.75 Å². The third-order valence-electron chi connectivity index (χ3n) is 4.28. The summed E-state index contributed by atoms with van der Waals surface area (Å²) in [6.07, 6.45) is 0. The predicted octanol–water partition coefficient (Wildman–Crippen LogP) is 2.48. The van der Waals surface area contributed by atoms with Gasteiger partial charge in [-0.2, -0.15) is 0 Å². The number of carbonyl (C=O) groups excluding carboxylic acids is 3. The third kappa shape index (κ3) is 3.63. The van der Waals surface area contributed by atoms with Crippen LogP contribution in [0.25, 0.3) is 0 Å². The molecule has 2 amide bonds. The number of para-hydroxylation sites is 2. The number of aliphatic imine (C=N–C) groups is 1. The van der Waals surface area contributed by atoms with Crippen LogP contribution in [0, 0.1) is 0 Å². The van der Waals surface area contributed by atoms with Crippen molar-refractivity contribution in [2.45, 2.75) is 19.9 Å². The molecule has 2 aromatic rings. The van der Waals surface area contributed by atoms with E-state index >= 15 is 0 Å².